The first-order valence-corrected chi connectivity index (χ1v) is 12.3. The van der Waals surface area contributed by atoms with Crippen LogP contribution < -0.4 is 5.32 Å². The molecule has 0 spiro atoms. The smallest absolute Gasteiger partial charge is 0.252 e. The van der Waals surface area contributed by atoms with E-state index in [1.54, 1.807) is 0 Å². The van der Waals surface area contributed by atoms with Gasteiger partial charge in [0.1, 0.15) is 24.1 Å². The lowest BCUT2D eigenvalue weighted by atomic mass is 9.98. The number of nitrogens with one attached hydrogen (secondary N) is 1. The average molecular weight is 474 g/mol. The van der Waals surface area contributed by atoms with E-state index >= 15 is 0 Å². The van der Waals surface area contributed by atoms with Gasteiger partial charge in [0.15, 0.2) is 24.0 Å². The van der Waals surface area contributed by atoms with Crippen molar-refractivity contribution in [3.63, 3.8) is 0 Å². The highest BCUT2D eigenvalue weighted by molar-refractivity contribution is 5.82. The Bertz CT molecular complexity index is 1050. The molecular formula is C25H35N3O6. The zero-order chi connectivity index (χ0) is 24.1. The van der Waals surface area contributed by atoms with E-state index in [-0.39, 0.29) is 12.5 Å². The summed E-state index contributed by atoms with van der Waals surface area (Å²) in [6.07, 6.45) is 0.223. The van der Waals surface area contributed by atoms with Crippen molar-refractivity contribution in [1.82, 2.24) is 14.9 Å². The van der Waals surface area contributed by atoms with Crippen LogP contribution in [0, 0.1) is 0 Å². The number of carbonyl (C=O) groups is 1. The third-order valence-electron chi connectivity index (χ3n) is 6.55. The lowest BCUT2D eigenvalue weighted by Crippen LogP contribution is -2.59. The second kappa shape index (κ2) is 8.87. The van der Waals surface area contributed by atoms with Crippen LogP contribution in [0.1, 0.15) is 59.7 Å². The molecule has 186 valence electrons. The predicted molar refractivity (Wildman–Crippen MR) is 124 cm³/mol. The van der Waals surface area contributed by atoms with Gasteiger partial charge in [0.2, 0.25) is 0 Å². The van der Waals surface area contributed by atoms with E-state index < -0.39 is 42.3 Å². The number of para-hydroxylation sites is 2. The van der Waals surface area contributed by atoms with Gasteiger partial charge in [0.05, 0.1) is 17.6 Å². The third-order valence-corrected chi connectivity index (χ3v) is 6.55. The lowest BCUT2D eigenvalue weighted by molar-refractivity contribution is -0.231. The number of rotatable bonds is 7. The molecule has 9 nitrogen and oxygen atoms in total. The van der Waals surface area contributed by atoms with Gasteiger partial charge in [-0.05, 0) is 46.2 Å². The van der Waals surface area contributed by atoms with Gasteiger partial charge in [-0.2, -0.15) is 0 Å². The molecule has 1 aromatic heterocycles. The van der Waals surface area contributed by atoms with Crippen molar-refractivity contribution in [2.24, 2.45) is 0 Å². The van der Waals surface area contributed by atoms with Crippen molar-refractivity contribution in [2.45, 2.75) is 109 Å². The van der Waals surface area contributed by atoms with Crippen LogP contribution in [-0.4, -0.2) is 57.7 Å². The number of aromatic nitrogens is 2. The molecule has 34 heavy (non-hydrogen) atoms. The fraction of sp³-hybridized carbons (Fsp3) is 0.680. The second-order valence-corrected chi connectivity index (χ2v) is 10.2. The van der Waals surface area contributed by atoms with Crippen molar-refractivity contribution >= 4 is 16.9 Å². The van der Waals surface area contributed by atoms with Gasteiger partial charge in [0.25, 0.3) is 5.91 Å². The quantitative estimate of drug-likeness (QED) is 0.617. The molecule has 0 aliphatic carbocycles. The maximum Gasteiger partial charge on any atom is 0.252 e. The molecule has 0 unspecified atom stereocenters. The molecule has 0 saturated carbocycles. The van der Waals surface area contributed by atoms with Crippen LogP contribution in [0.4, 0.5) is 0 Å². The van der Waals surface area contributed by atoms with Crippen molar-refractivity contribution in [3.05, 3.63) is 30.1 Å². The topological polar surface area (TPSA) is 93.1 Å². The van der Waals surface area contributed by atoms with Gasteiger partial charge in [0, 0.05) is 6.54 Å². The molecule has 3 aliphatic heterocycles. The van der Waals surface area contributed by atoms with E-state index in [2.05, 4.69) is 22.9 Å². The molecule has 5 rings (SSSR count). The van der Waals surface area contributed by atoms with Gasteiger partial charge in [-0.3, -0.25) is 4.79 Å². The van der Waals surface area contributed by atoms with Crippen LogP contribution in [0.25, 0.3) is 11.0 Å². The summed E-state index contributed by atoms with van der Waals surface area (Å²) >= 11 is 0. The Hall–Kier alpha value is -2.04. The standard InChI is InChI=1S/C25H35N3O6/c1-6-7-10-13-28-16-12-9-8-11-15(16)27-17(28)14-26-22(29)20-18-19(32-24(2,3)31-18)21-23(30-20)34-25(4,5)33-21/h8-9,11-12,18-21,23H,6-7,10,13-14H2,1-5H3,(H,26,29)/t18-,19+,20+,21-,23-/m1/s1. The summed E-state index contributed by atoms with van der Waals surface area (Å²) in [5.74, 6) is -1.14. The van der Waals surface area contributed by atoms with Crippen LogP contribution in [0.3, 0.4) is 0 Å². The number of amides is 1. The summed E-state index contributed by atoms with van der Waals surface area (Å²) in [6, 6.07) is 8.06. The molecule has 0 bridgehead atoms. The van der Waals surface area contributed by atoms with Crippen LogP contribution >= 0.6 is 0 Å². The zero-order valence-corrected chi connectivity index (χ0v) is 20.6. The highest BCUT2D eigenvalue weighted by Gasteiger charge is 2.62. The van der Waals surface area contributed by atoms with Crippen molar-refractivity contribution in [1.29, 1.82) is 0 Å². The average Bonchev–Trinajstić information content (AvgIpc) is 3.40. The van der Waals surface area contributed by atoms with Gasteiger partial charge in [-0.1, -0.05) is 31.9 Å². The summed E-state index contributed by atoms with van der Waals surface area (Å²) in [4.78, 5) is 18.1. The predicted octanol–water partition coefficient (Wildman–Crippen LogP) is 3.24. The fourth-order valence-corrected chi connectivity index (χ4v) is 5.12. The molecule has 1 aromatic carbocycles. The van der Waals surface area contributed by atoms with Gasteiger partial charge in [-0.25, -0.2) is 4.98 Å². The second-order valence-electron chi connectivity index (χ2n) is 10.2. The first-order chi connectivity index (χ1) is 16.2. The zero-order valence-electron chi connectivity index (χ0n) is 20.6. The number of carbonyl (C=O) groups excluding carboxylic acids is 1. The maximum absolute atomic E-state index is 13.4. The van der Waals surface area contributed by atoms with E-state index in [1.165, 1.54) is 0 Å². The Morgan fingerprint density at radius 2 is 1.71 bits per heavy atom. The summed E-state index contributed by atoms with van der Waals surface area (Å²) in [5.41, 5.74) is 2.00. The van der Waals surface area contributed by atoms with Gasteiger partial charge >= 0.3 is 0 Å². The summed E-state index contributed by atoms with van der Waals surface area (Å²) in [5, 5.41) is 3.02. The van der Waals surface area contributed by atoms with E-state index in [1.807, 2.05) is 45.9 Å². The minimum absolute atomic E-state index is 0.282. The molecular weight excluding hydrogens is 438 g/mol. The molecule has 9 heteroatoms. The first-order valence-electron chi connectivity index (χ1n) is 12.3. The van der Waals surface area contributed by atoms with E-state index in [9.17, 15) is 4.79 Å². The number of benzene rings is 1. The van der Waals surface area contributed by atoms with Crippen LogP contribution in [-0.2, 0) is 41.6 Å². The lowest BCUT2D eigenvalue weighted by Gasteiger charge is -2.36. The summed E-state index contributed by atoms with van der Waals surface area (Å²) < 4.78 is 32.4. The number of aryl methyl sites for hydroxylation is 1. The van der Waals surface area contributed by atoms with Crippen molar-refractivity contribution < 1.29 is 28.5 Å². The normalized spacial score (nSPS) is 31.4. The Morgan fingerprint density at radius 3 is 2.50 bits per heavy atom. The summed E-state index contributed by atoms with van der Waals surface area (Å²) in [7, 11) is 0. The number of ether oxygens (including phenoxy) is 5. The molecule has 3 fully saturated rings. The first kappa shape index (κ1) is 23.7. The number of nitrogens with zero attached hydrogens (tertiary/aromatic N) is 2. The molecule has 5 atom stereocenters. The summed E-state index contributed by atoms with van der Waals surface area (Å²) in [6.45, 7) is 10.6. The largest absolute Gasteiger partial charge is 0.347 e. The van der Waals surface area contributed by atoms with E-state index in [0.29, 0.717) is 0 Å². The van der Waals surface area contributed by atoms with E-state index in [4.69, 9.17) is 28.7 Å². The maximum atomic E-state index is 13.4. The number of fused-ring (bicyclic) bond motifs is 4. The number of hydrogen-bond donors (Lipinski definition) is 1. The third kappa shape index (κ3) is 4.47. The van der Waals surface area contributed by atoms with Gasteiger partial charge in [-0.15, -0.1) is 0 Å². The highest BCUT2D eigenvalue weighted by Crippen LogP contribution is 2.44. The minimum atomic E-state index is -0.886. The molecule has 1 amide bonds. The Labute approximate surface area is 200 Å². The Morgan fingerprint density at radius 1 is 1.00 bits per heavy atom. The number of hydrogen-bond acceptors (Lipinski definition) is 7. The number of imidazole rings is 1. The fourth-order valence-electron chi connectivity index (χ4n) is 5.12. The number of unbranched alkanes of at least 4 members (excludes halogenated alkanes) is 2. The van der Waals surface area contributed by atoms with Crippen LogP contribution in [0.5, 0.6) is 0 Å². The monoisotopic (exact) mass is 473 g/mol. The molecule has 2 aromatic rings. The highest BCUT2D eigenvalue weighted by atomic mass is 16.9. The van der Waals surface area contributed by atoms with E-state index in [0.717, 1.165) is 42.7 Å². The van der Waals surface area contributed by atoms with Crippen molar-refractivity contribution in [2.75, 3.05) is 0 Å². The minimum Gasteiger partial charge on any atom is -0.347 e. The molecule has 3 saturated heterocycles. The van der Waals surface area contributed by atoms with Crippen LogP contribution in [0.2, 0.25) is 0 Å². The molecule has 4 heterocycles. The van der Waals surface area contributed by atoms with Crippen molar-refractivity contribution in [3.8, 4) is 0 Å². The molecule has 0 radical (unpaired) electrons. The Kier molecular flexibility index (Phi) is 6.18. The van der Waals surface area contributed by atoms with Gasteiger partial charge < -0.3 is 33.6 Å². The van der Waals surface area contributed by atoms with Crippen LogP contribution in [0.15, 0.2) is 24.3 Å². The SMILES string of the molecule is CCCCCn1c(CNC(=O)[C@H]2O[C@@H]3OC(C)(C)O[C@@H]3[C@H]3OC(C)(C)O[C@H]32)nc2ccccc21. The Balaban J connectivity index is 1.33. The molecule has 1 N–H and O–H groups in total. The molecule has 3 aliphatic rings.